The lowest BCUT2D eigenvalue weighted by atomic mass is 9.72. The van der Waals surface area contributed by atoms with Crippen LogP contribution in [0.25, 0.3) is 22.7 Å². The minimum atomic E-state index is -3.57. The fourth-order valence-electron chi connectivity index (χ4n) is 9.25. The van der Waals surface area contributed by atoms with Gasteiger partial charge < -0.3 is 19.2 Å². The predicted molar refractivity (Wildman–Crippen MR) is 276 cm³/mol. The number of hydrogen-bond donors (Lipinski definition) is 2. The molecule has 0 saturated heterocycles. The smallest absolute Gasteiger partial charge is 0.415 e. The summed E-state index contributed by atoms with van der Waals surface area (Å²) in [5.74, 6) is -1.05. The number of aryl methyl sites for hydroxylation is 1. The Hall–Kier alpha value is -6.95. The number of allylic oxidation sites excluding steroid dienone is 1. The fraction of sp³-hybridized carbons (Fsp3) is 0.327. The number of benzene rings is 5. The number of hydrogen-bond acceptors (Lipinski definition) is 10. The Bertz CT molecular complexity index is 3120. The van der Waals surface area contributed by atoms with Crippen molar-refractivity contribution in [3.63, 3.8) is 0 Å². The fourth-order valence-corrected chi connectivity index (χ4v) is 10.0. The standard InChI is InChI=1S/C55H58ClN5O8S/c1-34-27-42(22-18-37(34)30-39(32-57)52-59-47-31-40(21-26-48(47)68-52)55(5,6)33-54(2,3)4)61(41-14-10-11-15-41)53(64)69-50(49(62)36-19-23-43(67-7)24-20-36)51(63)58-46-29-35(17-25-44(46)56)28-38-13-9-12-16-45(38)60-70(8,65)66/h9,12-13,16-27,29-31,41,50,60H,10-11,14-15,28,33H2,1-8H3,(H,58,63)/b39-30+. The summed E-state index contributed by atoms with van der Waals surface area (Å²) < 4.78 is 44.1. The van der Waals surface area contributed by atoms with Gasteiger partial charge in [-0.05, 0) is 144 Å². The van der Waals surface area contributed by atoms with E-state index in [2.05, 4.69) is 56.8 Å². The third-order valence-electron chi connectivity index (χ3n) is 12.3. The van der Waals surface area contributed by atoms with Crippen LogP contribution < -0.4 is 19.7 Å². The zero-order valence-corrected chi connectivity index (χ0v) is 42.3. The third kappa shape index (κ3) is 12.4. The lowest BCUT2D eigenvalue weighted by molar-refractivity contribution is -0.122. The quantitative estimate of drug-likeness (QED) is 0.0538. The summed E-state index contributed by atoms with van der Waals surface area (Å²) in [5, 5.41) is 13.2. The molecule has 1 fully saturated rings. The van der Waals surface area contributed by atoms with Crippen molar-refractivity contribution in [2.75, 3.05) is 28.3 Å². The highest BCUT2D eigenvalue weighted by Crippen LogP contribution is 2.38. The first kappa shape index (κ1) is 50.9. The number of para-hydroxylation sites is 1. The van der Waals surface area contributed by atoms with Crippen molar-refractivity contribution in [2.24, 2.45) is 5.41 Å². The van der Waals surface area contributed by atoms with Crippen molar-refractivity contribution < 1.29 is 36.7 Å². The van der Waals surface area contributed by atoms with Gasteiger partial charge in [-0.15, -0.1) is 0 Å². The second kappa shape index (κ2) is 21.0. The molecule has 1 unspecified atom stereocenters. The monoisotopic (exact) mass is 983 g/mol. The average molecular weight is 985 g/mol. The highest BCUT2D eigenvalue weighted by atomic mass is 35.5. The first-order valence-electron chi connectivity index (χ1n) is 23.1. The van der Waals surface area contributed by atoms with Gasteiger partial charge in [-0.25, -0.2) is 18.2 Å². The lowest BCUT2D eigenvalue weighted by Crippen LogP contribution is -2.46. The molecule has 0 bridgehead atoms. The predicted octanol–water partition coefficient (Wildman–Crippen LogP) is 12.3. The highest BCUT2D eigenvalue weighted by Gasteiger charge is 2.37. The molecule has 2 amide bonds. The number of fused-ring (bicyclic) bond motifs is 1. The Morgan fingerprint density at radius 2 is 1.66 bits per heavy atom. The number of oxazole rings is 1. The van der Waals surface area contributed by atoms with Crippen LogP contribution in [0.4, 0.5) is 21.9 Å². The van der Waals surface area contributed by atoms with Gasteiger partial charge in [0, 0.05) is 17.3 Å². The Balaban J connectivity index is 1.17. The minimum Gasteiger partial charge on any atom is -0.497 e. The number of anilines is 3. The molecule has 0 spiro atoms. The molecule has 70 heavy (non-hydrogen) atoms. The van der Waals surface area contributed by atoms with E-state index < -0.39 is 33.9 Å². The summed E-state index contributed by atoms with van der Waals surface area (Å²) in [5.41, 5.74) is 6.46. The van der Waals surface area contributed by atoms with Crippen molar-refractivity contribution in [3.8, 4) is 11.8 Å². The Morgan fingerprint density at radius 1 is 0.943 bits per heavy atom. The first-order chi connectivity index (χ1) is 33.1. The Kier molecular flexibility index (Phi) is 15.2. The van der Waals surface area contributed by atoms with Gasteiger partial charge in [-0.1, -0.05) is 95.5 Å². The largest absolute Gasteiger partial charge is 0.497 e. The summed E-state index contributed by atoms with van der Waals surface area (Å²) in [7, 11) is -2.08. The van der Waals surface area contributed by atoms with E-state index in [-0.39, 0.29) is 51.0 Å². The zero-order valence-electron chi connectivity index (χ0n) is 40.7. The number of sulfonamides is 1. The summed E-state index contributed by atoms with van der Waals surface area (Å²) in [4.78, 5) is 49.6. The third-order valence-corrected chi connectivity index (χ3v) is 13.2. The van der Waals surface area contributed by atoms with Crippen LogP contribution in [0.2, 0.25) is 5.02 Å². The number of amides is 2. The number of aromatic nitrogens is 1. The number of ketones is 1. The van der Waals surface area contributed by atoms with Gasteiger partial charge in [0.15, 0.2) is 5.58 Å². The van der Waals surface area contributed by atoms with Crippen molar-refractivity contribution in [3.05, 3.63) is 147 Å². The van der Waals surface area contributed by atoms with Crippen molar-refractivity contribution in [1.82, 2.24) is 4.98 Å². The minimum absolute atomic E-state index is 0.0973. The molecule has 1 aromatic heterocycles. The molecule has 364 valence electrons. The summed E-state index contributed by atoms with van der Waals surface area (Å²) in [6.07, 6.45) is 4.17. The van der Waals surface area contributed by atoms with E-state index in [1.54, 1.807) is 72.8 Å². The molecule has 2 N–H and O–H groups in total. The van der Waals surface area contributed by atoms with Crippen LogP contribution in [0, 0.1) is 23.7 Å². The number of carbonyl (C=O) groups excluding carboxylic acids is 3. The molecule has 13 nitrogen and oxygen atoms in total. The van der Waals surface area contributed by atoms with Gasteiger partial charge in [-0.3, -0.25) is 19.2 Å². The number of nitrogens with one attached hydrogen (secondary N) is 2. The van der Waals surface area contributed by atoms with E-state index in [4.69, 9.17) is 30.5 Å². The molecule has 0 radical (unpaired) electrons. The zero-order chi connectivity index (χ0) is 50.5. The first-order valence-corrected chi connectivity index (χ1v) is 25.4. The van der Waals surface area contributed by atoms with Crippen molar-refractivity contribution >= 4 is 79.2 Å². The second-order valence-corrected chi connectivity index (χ2v) is 21.9. The highest BCUT2D eigenvalue weighted by molar-refractivity contribution is 7.92. The molecule has 1 heterocycles. The SMILES string of the molecule is COc1ccc(C(=O)C(OC(=O)N(c2ccc(/C=C(\C#N)c3nc4cc(C(C)(C)CC(C)(C)C)ccc4o3)c(C)c2)C2CCCC2)C(=O)Nc2cc(Cc3ccccc3NS(C)(=O)=O)ccc2Cl)cc1. The van der Waals surface area contributed by atoms with Crippen LogP contribution in [0.15, 0.2) is 108 Å². The van der Waals surface area contributed by atoms with Gasteiger partial charge >= 0.3 is 6.09 Å². The van der Waals surface area contributed by atoms with E-state index in [1.165, 1.54) is 24.1 Å². The number of carbonyl (C=O) groups is 3. The van der Waals surface area contributed by atoms with Crippen LogP contribution in [-0.2, 0) is 31.4 Å². The van der Waals surface area contributed by atoms with E-state index in [0.29, 0.717) is 57.8 Å². The van der Waals surface area contributed by atoms with E-state index in [1.807, 2.05) is 25.1 Å². The van der Waals surface area contributed by atoms with Crippen molar-refractivity contribution in [1.29, 1.82) is 5.26 Å². The van der Waals surface area contributed by atoms with Gasteiger partial charge in [0.1, 0.15) is 22.9 Å². The Labute approximate surface area is 414 Å². The van der Waals surface area contributed by atoms with Gasteiger partial charge in [0.25, 0.3) is 5.91 Å². The van der Waals surface area contributed by atoms with Crippen LogP contribution in [-0.4, -0.2) is 56.7 Å². The van der Waals surface area contributed by atoms with E-state index in [0.717, 1.165) is 36.6 Å². The van der Waals surface area contributed by atoms with Crippen molar-refractivity contribution in [2.45, 2.75) is 97.6 Å². The molecule has 7 rings (SSSR count). The van der Waals surface area contributed by atoms with E-state index in [9.17, 15) is 28.1 Å². The summed E-state index contributed by atoms with van der Waals surface area (Å²) in [6.45, 7) is 12.9. The number of methoxy groups -OCH3 is 1. The molecule has 1 aliphatic rings. The number of nitriles is 1. The molecule has 5 aromatic carbocycles. The van der Waals surface area contributed by atoms with Gasteiger partial charge in [-0.2, -0.15) is 5.26 Å². The Morgan fingerprint density at radius 3 is 2.31 bits per heavy atom. The maximum atomic E-state index is 14.6. The molecule has 1 atom stereocenters. The molecular formula is C55H58ClN5O8S. The number of halogens is 1. The van der Waals surface area contributed by atoms with E-state index >= 15 is 0 Å². The molecular weight excluding hydrogens is 926 g/mol. The van der Waals surface area contributed by atoms with Crippen LogP contribution in [0.3, 0.4) is 0 Å². The number of Topliss-reactive ketones (excluding diaryl/α,β-unsaturated/α-hetero) is 1. The molecule has 0 aliphatic heterocycles. The second-order valence-electron chi connectivity index (χ2n) is 19.7. The average Bonchev–Trinajstić information content (AvgIpc) is 3.99. The summed E-state index contributed by atoms with van der Waals surface area (Å²) in [6, 6.07) is 31.2. The number of ether oxygens (including phenoxy) is 2. The lowest BCUT2D eigenvalue weighted by Gasteiger charge is -2.32. The number of rotatable bonds is 16. The molecule has 1 saturated carbocycles. The molecule has 1 aliphatic carbocycles. The normalized spacial score (nSPS) is 13.9. The maximum Gasteiger partial charge on any atom is 0.415 e. The topological polar surface area (TPSA) is 181 Å². The summed E-state index contributed by atoms with van der Waals surface area (Å²) >= 11 is 6.63. The van der Waals surface area contributed by atoms with Crippen LogP contribution >= 0.6 is 11.6 Å². The van der Waals surface area contributed by atoms with Crippen LogP contribution in [0.1, 0.15) is 111 Å². The molecule has 6 aromatic rings. The maximum absolute atomic E-state index is 14.6. The van der Waals surface area contributed by atoms with Crippen LogP contribution in [0.5, 0.6) is 5.75 Å². The van der Waals surface area contributed by atoms with Gasteiger partial charge in [0.05, 0.1) is 29.8 Å². The number of nitrogens with zero attached hydrogens (tertiary/aromatic N) is 3. The van der Waals surface area contributed by atoms with Gasteiger partial charge in [0.2, 0.25) is 27.8 Å². The molecule has 15 heteroatoms.